The highest BCUT2D eigenvalue weighted by atomic mass is 32.1. The van der Waals surface area contributed by atoms with Crippen molar-refractivity contribution in [2.24, 2.45) is 0 Å². The number of aromatic nitrogens is 1. The number of hydrogen-bond donors (Lipinski definition) is 1. The van der Waals surface area contributed by atoms with Gasteiger partial charge in [-0.1, -0.05) is 18.2 Å². The topological polar surface area (TPSA) is 76.8 Å². The van der Waals surface area contributed by atoms with Crippen LogP contribution >= 0.6 is 11.3 Å². The number of hydrogen-bond acceptors (Lipinski definition) is 7. The van der Waals surface area contributed by atoms with Crippen LogP contribution in [0.25, 0.3) is 0 Å². The molecule has 0 radical (unpaired) electrons. The van der Waals surface area contributed by atoms with Crippen molar-refractivity contribution in [2.75, 3.05) is 31.6 Å². The Morgan fingerprint density at radius 3 is 2.86 bits per heavy atom. The van der Waals surface area contributed by atoms with Crippen LogP contribution in [-0.4, -0.2) is 42.1 Å². The fraction of sp³-hybridized carbons (Fsp3) is 0.300. The monoisotopic (exact) mass is 399 g/mol. The van der Waals surface area contributed by atoms with Crippen molar-refractivity contribution < 1.29 is 18.7 Å². The van der Waals surface area contributed by atoms with Crippen molar-refractivity contribution in [3.8, 4) is 5.75 Å². The van der Waals surface area contributed by atoms with Gasteiger partial charge in [-0.25, -0.2) is 4.98 Å². The van der Waals surface area contributed by atoms with Gasteiger partial charge in [0.25, 0.3) is 5.91 Å². The van der Waals surface area contributed by atoms with Crippen LogP contribution in [0.4, 0.5) is 5.13 Å². The van der Waals surface area contributed by atoms with Gasteiger partial charge in [-0.05, 0) is 18.2 Å². The van der Waals surface area contributed by atoms with Crippen LogP contribution in [0, 0.1) is 0 Å². The van der Waals surface area contributed by atoms with Crippen LogP contribution < -0.4 is 10.1 Å². The SMILES string of the molecule is O=C(Nc1nc(CN2CCOCC2)cs1)c1occc1COc1ccccc1. The molecule has 1 fully saturated rings. The van der Waals surface area contributed by atoms with Crippen molar-refractivity contribution in [2.45, 2.75) is 13.2 Å². The molecule has 2 aromatic heterocycles. The molecule has 0 atom stereocenters. The molecule has 1 aliphatic heterocycles. The van der Waals surface area contributed by atoms with Gasteiger partial charge in [0, 0.05) is 30.6 Å². The maximum atomic E-state index is 12.6. The summed E-state index contributed by atoms with van der Waals surface area (Å²) in [4.78, 5) is 19.4. The summed E-state index contributed by atoms with van der Waals surface area (Å²) in [5.74, 6) is 0.646. The number of carbonyl (C=O) groups is 1. The molecule has 8 heteroatoms. The van der Waals surface area contributed by atoms with Crippen LogP contribution in [0.1, 0.15) is 21.8 Å². The molecule has 1 amide bonds. The van der Waals surface area contributed by atoms with Crippen molar-refractivity contribution in [1.82, 2.24) is 9.88 Å². The Balaban J connectivity index is 1.34. The van der Waals surface area contributed by atoms with Gasteiger partial charge in [-0.2, -0.15) is 0 Å². The number of anilines is 1. The third kappa shape index (κ3) is 4.78. The number of thiazole rings is 1. The van der Waals surface area contributed by atoms with E-state index in [1.165, 1.54) is 17.6 Å². The van der Waals surface area contributed by atoms with Gasteiger partial charge in [0.1, 0.15) is 12.4 Å². The molecule has 0 aliphatic carbocycles. The highest BCUT2D eigenvalue weighted by Crippen LogP contribution is 2.20. The summed E-state index contributed by atoms with van der Waals surface area (Å²) in [6.07, 6.45) is 1.49. The third-order valence-electron chi connectivity index (χ3n) is 4.35. The molecule has 3 aromatic rings. The number of nitrogens with zero attached hydrogens (tertiary/aromatic N) is 2. The summed E-state index contributed by atoms with van der Waals surface area (Å²) < 4.78 is 16.4. The van der Waals surface area contributed by atoms with Gasteiger partial charge in [-0.15, -0.1) is 11.3 Å². The Morgan fingerprint density at radius 1 is 1.21 bits per heavy atom. The van der Waals surface area contributed by atoms with Gasteiger partial charge >= 0.3 is 0 Å². The molecule has 1 aromatic carbocycles. The molecule has 1 N–H and O–H groups in total. The predicted octanol–water partition coefficient (Wildman–Crippen LogP) is 3.40. The first-order valence-electron chi connectivity index (χ1n) is 9.08. The quantitative estimate of drug-likeness (QED) is 0.656. The highest BCUT2D eigenvalue weighted by molar-refractivity contribution is 7.13. The maximum Gasteiger partial charge on any atom is 0.293 e. The van der Waals surface area contributed by atoms with E-state index >= 15 is 0 Å². The molecule has 0 bridgehead atoms. The first kappa shape index (κ1) is 18.7. The Hall–Kier alpha value is -2.68. The molecule has 0 spiro atoms. The summed E-state index contributed by atoms with van der Waals surface area (Å²) >= 11 is 1.41. The van der Waals surface area contributed by atoms with Gasteiger partial charge in [0.2, 0.25) is 0 Å². The minimum Gasteiger partial charge on any atom is -0.489 e. The minimum absolute atomic E-state index is 0.237. The second-order valence-electron chi connectivity index (χ2n) is 6.36. The zero-order valence-corrected chi connectivity index (χ0v) is 16.1. The molecule has 3 heterocycles. The lowest BCUT2D eigenvalue weighted by molar-refractivity contribution is 0.0337. The van der Waals surface area contributed by atoms with Gasteiger partial charge in [0.05, 0.1) is 25.2 Å². The summed E-state index contributed by atoms with van der Waals surface area (Å²) in [5.41, 5.74) is 1.63. The zero-order chi connectivity index (χ0) is 19.2. The Kier molecular flexibility index (Phi) is 6.01. The lowest BCUT2D eigenvalue weighted by Crippen LogP contribution is -2.35. The lowest BCUT2D eigenvalue weighted by Gasteiger charge is -2.25. The summed E-state index contributed by atoms with van der Waals surface area (Å²) in [6.45, 7) is 4.31. The first-order valence-corrected chi connectivity index (χ1v) is 9.96. The second-order valence-corrected chi connectivity index (χ2v) is 7.22. The number of carbonyl (C=O) groups excluding carboxylic acids is 1. The zero-order valence-electron chi connectivity index (χ0n) is 15.3. The van der Waals surface area contributed by atoms with Crippen LogP contribution in [-0.2, 0) is 17.9 Å². The number of amides is 1. The molecule has 1 aliphatic rings. The fourth-order valence-corrected chi connectivity index (χ4v) is 3.60. The number of ether oxygens (including phenoxy) is 2. The number of furan rings is 1. The number of para-hydroxylation sites is 1. The molecule has 0 saturated carbocycles. The van der Waals surface area contributed by atoms with Crippen LogP contribution in [0.2, 0.25) is 0 Å². The summed E-state index contributed by atoms with van der Waals surface area (Å²) in [7, 11) is 0. The van der Waals surface area contributed by atoms with E-state index in [0.29, 0.717) is 10.7 Å². The first-order chi connectivity index (χ1) is 13.8. The van der Waals surface area contributed by atoms with E-state index in [0.717, 1.165) is 44.3 Å². The number of rotatable bonds is 7. The minimum atomic E-state index is -0.330. The van der Waals surface area contributed by atoms with Crippen LogP contribution in [0.5, 0.6) is 5.75 Å². The Labute approximate surface area is 166 Å². The predicted molar refractivity (Wildman–Crippen MR) is 106 cm³/mol. The van der Waals surface area contributed by atoms with Crippen molar-refractivity contribution in [3.63, 3.8) is 0 Å². The van der Waals surface area contributed by atoms with Crippen LogP contribution in [0.15, 0.2) is 52.5 Å². The molecule has 7 nitrogen and oxygen atoms in total. The van der Waals surface area contributed by atoms with E-state index in [4.69, 9.17) is 13.9 Å². The number of morpholine rings is 1. The number of benzene rings is 1. The van der Waals surface area contributed by atoms with Gasteiger partial charge in [-0.3, -0.25) is 15.0 Å². The molecule has 28 heavy (non-hydrogen) atoms. The molecule has 146 valence electrons. The summed E-state index contributed by atoms with van der Waals surface area (Å²) in [6, 6.07) is 11.2. The molecular weight excluding hydrogens is 378 g/mol. The molecule has 0 unspecified atom stereocenters. The molecule has 1 saturated heterocycles. The summed E-state index contributed by atoms with van der Waals surface area (Å²) in [5, 5.41) is 5.34. The molecular formula is C20H21N3O4S. The average molecular weight is 399 g/mol. The third-order valence-corrected chi connectivity index (χ3v) is 5.16. The second kappa shape index (κ2) is 9.01. The smallest absolute Gasteiger partial charge is 0.293 e. The standard InChI is InChI=1S/C20H21N3O4S/c24-19(18-15(6-9-26-18)13-27-17-4-2-1-3-5-17)22-20-21-16(14-28-20)12-23-7-10-25-11-8-23/h1-6,9,14H,7-8,10-13H2,(H,21,22,24). The van der Waals surface area contributed by atoms with E-state index in [1.54, 1.807) is 6.07 Å². The highest BCUT2D eigenvalue weighted by Gasteiger charge is 2.18. The van der Waals surface area contributed by atoms with E-state index in [-0.39, 0.29) is 18.3 Å². The van der Waals surface area contributed by atoms with E-state index < -0.39 is 0 Å². The maximum absolute atomic E-state index is 12.6. The van der Waals surface area contributed by atoms with Crippen molar-refractivity contribution >= 4 is 22.4 Å². The van der Waals surface area contributed by atoms with Crippen molar-refractivity contribution in [1.29, 1.82) is 0 Å². The van der Waals surface area contributed by atoms with Crippen molar-refractivity contribution in [3.05, 3.63) is 65.1 Å². The van der Waals surface area contributed by atoms with E-state index in [9.17, 15) is 4.79 Å². The van der Waals surface area contributed by atoms with E-state index in [2.05, 4.69) is 15.2 Å². The normalized spacial score (nSPS) is 14.7. The van der Waals surface area contributed by atoms with Gasteiger partial charge in [0.15, 0.2) is 10.9 Å². The van der Waals surface area contributed by atoms with Gasteiger partial charge < -0.3 is 13.9 Å². The van der Waals surface area contributed by atoms with E-state index in [1.807, 2.05) is 35.7 Å². The lowest BCUT2D eigenvalue weighted by atomic mass is 10.2. The largest absolute Gasteiger partial charge is 0.489 e. The fourth-order valence-electron chi connectivity index (χ4n) is 2.91. The van der Waals surface area contributed by atoms with Crippen LogP contribution in [0.3, 0.4) is 0 Å². The Morgan fingerprint density at radius 2 is 2.04 bits per heavy atom. The molecule has 4 rings (SSSR count). The Bertz CT molecular complexity index is 903. The average Bonchev–Trinajstić information content (AvgIpc) is 3.37. The number of nitrogens with one attached hydrogen (secondary N) is 1.